The van der Waals surface area contributed by atoms with E-state index in [9.17, 15) is 4.79 Å². The smallest absolute Gasteiger partial charge is 0.319 e. The molecule has 1 aliphatic heterocycles. The number of nitrogens with zero attached hydrogens (tertiary/aromatic N) is 2. The Kier molecular flexibility index (Phi) is 4.45. The first-order valence-electron chi connectivity index (χ1n) is 8.75. The van der Waals surface area contributed by atoms with E-state index in [0.717, 1.165) is 24.3 Å². The van der Waals surface area contributed by atoms with Crippen molar-refractivity contribution in [2.45, 2.75) is 44.4 Å². The lowest BCUT2D eigenvalue weighted by Gasteiger charge is -2.26. The van der Waals surface area contributed by atoms with Crippen molar-refractivity contribution in [1.29, 1.82) is 0 Å². The highest BCUT2D eigenvalue weighted by Crippen LogP contribution is 2.31. The summed E-state index contributed by atoms with van der Waals surface area (Å²) in [7, 11) is 0. The Balaban J connectivity index is 1.30. The lowest BCUT2D eigenvalue weighted by Crippen LogP contribution is -2.36. The molecule has 2 amide bonds. The monoisotopic (exact) mass is 342 g/mol. The minimum absolute atomic E-state index is 0.116. The number of urea groups is 1. The molecule has 7 nitrogen and oxygen atoms in total. The number of amides is 2. The highest BCUT2D eigenvalue weighted by atomic mass is 16.6. The summed E-state index contributed by atoms with van der Waals surface area (Å²) in [6.45, 7) is 1.03. The molecule has 2 aliphatic rings. The van der Waals surface area contributed by atoms with Crippen LogP contribution in [0.1, 0.15) is 25.7 Å². The van der Waals surface area contributed by atoms with Crippen molar-refractivity contribution in [3.05, 3.63) is 36.7 Å². The Morgan fingerprint density at radius 2 is 2.04 bits per heavy atom. The average molecular weight is 342 g/mol. The molecule has 2 aromatic rings. The molecule has 0 saturated heterocycles. The number of hydrogen-bond donors (Lipinski definition) is 2. The van der Waals surface area contributed by atoms with E-state index in [2.05, 4.69) is 15.7 Å². The number of carbonyl (C=O) groups excluding carboxylic acids is 1. The molecule has 0 radical (unpaired) electrons. The molecule has 0 bridgehead atoms. The molecule has 1 fully saturated rings. The molecule has 7 heteroatoms. The number of anilines is 1. The lowest BCUT2D eigenvalue weighted by molar-refractivity contribution is 0.0759. The summed E-state index contributed by atoms with van der Waals surface area (Å²) < 4.78 is 13.4. The second-order valence-electron chi connectivity index (χ2n) is 6.53. The first-order chi connectivity index (χ1) is 12.3. The maximum Gasteiger partial charge on any atom is 0.319 e. The van der Waals surface area contributed by atoms with Gasteiger partial charge in [0.05, 0.1) is 18.4 Å². The van der Waals surface area contributed by atoms with Crippen molar-refractivity contribution >= 4 is 11.7 Å². The van der Waals surface area contributed by atoms with Gasteiger partial charge in [0.1, 0.15) is 6.61 Å². The third-order valence-electron chi connectivity index (χ3n) is 4.54. The van der Waals surface area contributed by atoms with E-state index < -0.39 is 0 Å². The summed E-state index contributed by atoms with van der Waals surface area (Å²) in [4.78, 5) is 12.0. The van der Waals surface area contributed by atoms with Gasteiger partial charge in [-0.2, -0.15) is 5.10 Å². The summed E-state index contributed by atoms with van der Waals surface area (Å²) in [6.07, 6.45) is 7.84. The molecule has 1 saturated carbocycles. The van der Waals surface area contributed by atoms with Gasteiger partial charge in [0.15, 0.2) is 17.6 Å². The topological polar surface area (TPSA) is 77.4 Å². The predicted molar refractivity (Wildman–Crippen MR) is 93.0 cm³/mol. The van der Waals surface area contributed by atoms with Gasteiger partial charge in [0.2, 0.25) is 0 Å². The molecule has 0 unspecified atom stereocenters. The highest BCUT2D eigenvalue weighted by molar-refractivity contribution is 5.89. The second kappa shape index (κ2) is 7.04. The molecule has 132 valence electrons. The van der Waals surface area contributed by atoms with Gasteiger partial charge in [0, 0.05) is 12.2 Å². The summed E-state index contributed by atoms with van der Waals surface area (Å²) in [5, 5.41) is 10.1. The number of fused-ring (bicyclic) bond motifs is 1. The first kappa shape index (κ1) is 15.8. The van der Waals surface area contributed by atoms with Crippen LogP contribution in [0.15, 0.2) is 36.7 Å². The van der Waals surface area contributed by atoms with Gasteiger partial charge >= 0.3 is 6.03 Å². The Morgan fingerprint density at radius 3 is 2.88 bits per heavy atom. The van der Waals surface area contributed by atoms with Gasteiger partial charge in [-0.05, 0) is 25.0 Å². The molecule has 25 heavy (non-hydrogen) atoms. The van der Waals surface area contributed by atoms with Gasteiger partial charge < -0.3 is 20.1 Å². The molecule has 4 rings (SSSR count). The van der Waals surface area contributed by atoms with Gasteiger partial charge in [-0.25, -0.2) is 4.79 Å². The van der Waals surface area contributed by atoms with Crippen molar-refractivity contribution < 1.29 is 14.3 Å². The molecule has 2 heterocycles. The fourth-order valence-corrected chi connectivity index (χ4v) is 3.31. The maximum atomic E-state index is 12.0. The molecular weight excluding hydrogens is 320 g/mol. The van der Waals surface area contributed by atoms with Crippen LogP contribution >= 0.6 is 0 Å². The summed E-state index contributed by atoms with van der Waals surface area (Å²) in [5.41, 5.74) is 0.674. The van der Waals surface area contributed by atoms with Crippen molar-refractivity contribution in [2.24, 2.45) is 0 Å². The average Bonchev–Trinajstić information content (AvgIpc) is 3.27. The van der Waals surface area contributed by atoms with Crippen LogP contribution in [-0.4, -0.2) is 34.6 Å². The minimum Gasteiger partial charge on any atom is -0.486 e. The Labute approximate surface area is 146 Å². The van der Waals surface area contributed by atoms with E-state index in [1.165, 1.54) is 12.8 Å². The van der Waals surface area contributed by atoms with Gasteiger partial charge in [-0.1, -0.05) is 25.0 Å². The van der Waals surface area contributed by atoms with Crippen molar-refractivity contribution in [2.75, 3.05) is 11.9 Å². The SMILES string of the molecule is O=C(Nc1cnn(C[C@@H]2COc3ccccc3O2)c1)NC1CCCC1. The quantitative estimate of drug-likeness (QED) is 0.896. The van der Waals surface area contributed by atoms with Crippen LogP contribution in [-0.2, 0) is 6.54 Å². The number of benzene rings is 1. The minimum atomic E-state index is -0.169. The third-order valence-corrected chi connectivity index (χ3v) is 4.54. The van der Waals surface area contributed by atoms with E-state index in [1.54, 1.807) is 17.1 Å². The second-order valence-corrected chi connectivity index (χ2v) is 6.53. The maximum absolute atomic E-state index is 12.0. The lowest BCUT2D eigenvalue weighted by atomic mass is 10.2. The molecule has 1 atom stereocenters. The zero-order chi connectivity index (χ0) is 17.1. The number of rotatable bonds is 4. The molecule has 0 spiro atoms. The van der Waals surface area contributed by atoms with Crippen LogP contribution in [0.2, 0.25) is 0 Å². The fraction of sp³-hybridized carbons (Fsp3) is 0.444. The van der Waals surface area contributed by atoms with E-state index >= 15 is 0 Å². The van der Waals surface area contributed by atoms with Crippen molar-refractivity contribution in [3.8, 4) is 11.5 Å². The number of hydrogen-bond acceptors (Lipinski definition) is 4. The van der Waals surface area contributed by atoms with Gasteiger partial charge in [-0.3, -0.25) is 4.68 Å². The van der Waals surface area contributed by atoms with Crippen LogP contribution in [0.5, 0.6) is 11.5 Å². The predicted octanol–water partition coefficient (Wildman–Crippen LogP) is 2.79. The summed E-state index contributed by atoms with van der Waals surface area (Å²) >= 11 is 0. The molecule has 1 aromatic heterocycles. The third kappa shape index (κ3) is 3.87. The molecule has 2 N–H and O–H groups in total. The van der Waals surface area contributed by atoms with E-state index in [-0.39, 0.29) is 12.1 Å². The standard InChI is InChI=1S/C18H22N4O3/c23-18(20-13-5-1-2-6-13)21-14-9-19-22(10-14)11-15-12-24-16-7-3-4-8-17(16)25-15/h3-4,7-10,13,15H,1-2,5-6,11-12H2,(H2,20,21,23)/t15-/m1/s1. The van der Waals surface area contributed by atoms with Crippen LogP contribution in [0, 0.1) is 0 Å². The van der Waals surface area contributed by atoms with E-state index in [1.807, 2.05) is 24.3 Å². The zero-order valence-corrected chi connectivity index (χ0v) is 14.0. The summed E-state index contributed by atoms with van der Waals surface area (Å²) in [6, 6.07) is 7.75. The van der Waals surface area contributed by atoms with Crippen molar-refractivity contribution in [1.82, 2.24) is 15.1 Å². The Bertz CT molecular complexity index is 739. The van der Waals surface area contributed by atoms with Crippen LogP contribution in [0.25, 0.3) is 0 Å². The number of nitrogens with one attached hydrogen (secondary N) is 2. The Hall–Kier alpha value is -2.70. The van der Waals surface area contributed by atoms with Crippen LogP contribution in [0.3, 0.4) is 0 Å². The van der Waals surface area contributed by atoms with Gasteiger partial charge in [0.25, 0.3) is 0 Å². The number of ether oxygens (including phenoxy) is 2. The molecular formula is C18H22N4O3. The fourth-order valence-electron chi connectivity index (χ4n) is 3.31. The molecule has 1 aromatic carbocycles. The molecule has 1 aliphatic carbocycles. The number of para-hydroxylation sites is 2. The largest absolute Gasteiger partial charge is 0.486 e. The summed E-state index contributed by atoms with van der Waals surface area (Å²) in [5.74, 6) is 1.52. The zero-order valence-electron chi connectivity index (χ0n) is 14.0. The number of aromatic nitrogens is 2. The van der Waals surface area contributed by atoms with Crippen molar-refractivity contribution in [3.63, 3.8) is 0 Å². The van der Waals surface area contributed by atoms with Crippen LogP contribution in [0.4, 0.5) is 10.5 Å². The normalized spacial score (nSPS) is 19.6. The highest BCUT2D eigenvalue weighted by Gasteiger charge is 2.21. The van der Waals surface area contributed by atoms with E-state index in [0.29, 0.717) is 24.9 Å². The van der Waals surface area contributed by atoms with Gasteiger partial charge in [-0.15, -0.1) is 0 Å². The number of carbonyl (C=O) groups is 1. The first-order valence-corrected chi connectivity index (χ1v) is 8.75. The van der Waals surface area contributed by atoms with E-state index in [4.69, 9.17) is 9.47 Å². The van der Waals surface area contributed by atoms with Crippen LogP contribution < -0.4 is 20.1 Å². The Morgan fingerprint density at radius 1 is 1.24 bits per heavy atom.